The van der Waals surface area contributed by atoms with E-state index in [9.17, 15) is 5.26 Å². The summed E-state index contributed by atoms with van der Waals surface area (Å²) < 4.78 is 10.9. The normalized spacial score (nSPS) is 11.5. The van der Waals surface area contributed by atoms with E-state index in [4.69, 9.17) is 21.1 Å². The molecule has 0 aliphatic rings. The minimum Gasteiger partial charge on any atom is -0.496 e. The van der Waals surface area contributed by atoms with Crippen LogP contribution >= 0.6 is 11.6 Å². The van der Waals surface area contributed by atoms with E-state index in [1.807, 2.05) is 42.5 Å². The van der Waals surface area contributed by atoms with Crippen LogP contribution in [0.1, 0.15) is 17.9 Å². The van der Waals surface area contributed by atoms with Crippen LogP contribution in [0.3, 0.4) is 0 Å². The zero-order valence-corrected chi connectivity index (χ0v) is 12.5. The predicted octanol–water partition coefficient (Wildman–Crippen LogP) is 4.42. The monoisotopic (exact) mass is 301 g/mol. The molecule has 0 heterocycles. The van der Waals surface area contributed by atoms with E-state index < -0.39 is 0 Å². The maximum atomic E-state index is 9.36. The molecule has 2 aromatic carbocycles. The molecule has 0 spiro atoms. The molecule has 0 bridgehead atoms. The molecule has 0 radical (unpaired) electrons. The van der Waals surface area contributed by atoms with Gasteiger partial charge in [-0.05, 0) is 18.2 Å². The first-order valence-electron chi connectivity index (χ1n) is 6.66. The second-order valence-electron chi connectivity index (χ2n) is 4.49. The van der Waals surface area contributed by atoms with Gasteiger partial charge in [0.05, 0.1) is 30.7 Å². The van der Waals surface area contributed by atoms with Gasteiger partial charge >= 0.3 is 0 Å². The predicted molar refractivity (Wildman–Crippen MR) is 82.9 cm³/mol. The second-order valence-corrected chi connectivity index (χ2v) is 4.90. The number of methoxy groups -OCH3 is 1. The van der Waals surface area contributed by atoms with Gasteiger partial charge in [0, 0.05) is 12.0 Å². The van der Waals surface area contributed by atoms with E-state index in [1.165, 1.54) is 0 Å². The summed E-state index contributed by atoms with van der Waals surface area (Å²) in [5.41, 5.74) is 0.880. The number of nitrogens with zero attached hydrogens (tertiary/aromatic N) is 1. The molecule has 108 valence electrons. The Morgan fingerprint density at radius 3 is 2.43 bits per heavy atom. The van der Waals surface area contributed by atoms with Crippen molar-refractivity contribution in [2.24, 2.45) is 0 Å². The Bertz CT molecular complexity index is 637. The third-order valence-electron chi connectivity index (χ3n) is 3.17. The van der Waals surface area contributed by atoms with Crippen LogP contribution in [0.15, 0.2) is 48.5 Å². The molecular formula is C17H16ClNO2. The first-order valence-corrected chi connectivity index (χ1v) is 7.04. The van der Waals surface area contributed by atoms with Gasteiger partial charge in [-0.1, -0.05) is 41.9 Å². The van der Waals surface area contributed by atoms with Gasteiger partial charge in [0.15, 0.2) is 0 Å². The molecule has 0 aliphatic heterocycles. The highest BCUT2D eigenvalue weighted by Gasteiger charge is 2.15. The van der Waals surface area contributed by atoms with E-state index >= 15 is 0 Å². The van der Waals surface area contributed by atoms with Crippen LogP contribution in [0.25, 0.3) is 0 Å². The molecule has 0 saturated carbocycles. The molecule has 4 heteroatoms. The lowest BCUT2D eigenvalue weighted by molar-refractivity contribution is 0.304. The van der Waals surface area contributed by atoms with Crippen molar-refractivity contribution in [3.63, 3.8) is 0 Å². The van der Waals surface area contributed by atoms with Crippen LogP contribution in [0, 0.1) is 11.3 Å². The van der Waals surface area contributed by atoms with Crippen molar-refractivity contribution in [1.29, 1.82) is 5.26 Å². The summed E-state index contributed by atoms with van der Waals surface area (Å²) in [4.78, 5) is 0. The summed E-state index contributed by atoms with van der Waals surface area (Å²) in [5, 5.41) is 9.94. The fraction of sp³-hybridized carbons (Fsp3) is 0.235. The van der Waals surface area contributed by atoms with Crippen molar-refractivity contribution in [3.05, 3.63) is 59.1 Å². The summed E-state index contributed by atoms with van der Waals surface area (Å²) in [6.07, 6.45) is 0.572. The minimum atomic E-state index is -0.274. The second kappa shape index (κ2) is 7.56. The Morgan fingerprint density at radius 1 is 1.10 bits per heavy atom. The highest BCUT2D eigenvalue weighted by molar-refractivity contribution is 6.32. The molecule has 0 amide bonds. The number of rotatable bonds is 6. The molecular weight excluding hydrogens is 286 g/mol. The molecule has 2 aromatic rings. The average Bonchev–Trinajstić information content (AvgIpc) is 2.53. The van der Waals surface area contributed by atoms with Gasteiger partial charge < -0.3 is 9.47 Å². The van der Waals surface area contributed by atoms with Crippen LogP contribution in [-0.4, -0.2) is 13.7 Å². The first-order chi connectivity index (χ1) is 10.3. The molecule has 3 nitrogen and oxygen atoms in total. The van der Waals surface area contributed by atoms with E-state index in [2.05, 4.69) is 6.07 Å². The largest absolute Gasteiger partial charge is 0.496 e. The summed E-state index contributed by atoms with van der Waals surface area (Å²) >= 11 is 6.03. The van der Waals surface area contributed by atoms with E-state index in [0.29, 0.717) is 23.8 Å². The number of ether oxygens (including phenoxy) is 2. The molecule has 0 N–H and O–H groups in total. The lowest BCUT2D eigenvalue weighted by Gasteiger charge is -2.14. The van der Waals surface area contributed by atoms with Gasteiger partial charge in [-0.3, -0.25) is 0 Å². The summed E-state index contributed by atoms with van der Waals surface area (Å²) in [6.45, 7) is 0.417. The van der Waals surface area contributed by atoms with Crippen molar-refractivity contribution in [2.45, 2.75) is 12.3 Å². The molecule has 2 rings (SSSR count). The van der Waals surface area contributed by atoms with E-state index in [-0.39, 0.29) is 5.92 Å². The molecule has 0 aromatic heterocycles. The van der Waals surface area contributed by atoms with Crippen molar-refractivity contribution >= 4 is 11.6 Å². The van der Waals surface area contributed by atoms with Gasteiger partial charge in [0.1, 0.15) is 11.5 Å². The number of hydrogen-bond donors (Lipinski definition) is 0. The quantitative estimate of drug-likeness (QED) is 0.793. The Balaban J connectivity index is 2.01. The fourth-order valence-corrected chi connectivity index (χ4v) is 2.28. The molecule has 21 heavy (non-hydrogen) atoms. The number of nitriles is 1. The van der Waals surface area contributed by atoms with Gasteiger partial charge in [-0.25, -0.2) is 0 Å². The number of hydrogen-bond acceptors (Lipinski definition) is 3. The van der Waals surface area contributed by atoms with E-state index in [1.54, 1.807) is 13.2 Å². The average molecular weight is 302 g/mol. The van der Waals surface area contributed by atoms with Crippen LogP contribution in [0.4, 0.5) is 0 Å². The zero-order valence-electron chi connectivity index (χ0n) is 11.8. The maximum Gasteiger partial charge on any atom is 0.137 e. The van der Waals surface area contributed by atoms with Crippen molar-refractivity contribution in [1.82, 2.24) is 0 Å². The summed E-state index contributed by atoms with van der Waals surface area (Å²) in [6, 6.07) is 17.2. The number of halogens is 1. The smallest absolute Gasteiger partial charge is 0.137 e. The third kappa shape index (κ3) is 3.90. The first kappa shape index (κ1) is 15.2. The van der Waals surface area contributed by atoms with Crippen molar-refractivity contribution < 1.29 is 9.47 Å². The highest BCUT2D eigenvalue weighted by atomic mass is 35.5. The lowest BCUT2D eigenvalue weighted by Crippen LogP contribution is -2.06. The number of benzene rings is 2. The van der Waals surface area contributed by atoms with Crippen LogP contribution in [0.2, 0.25) is 5.02 Å². The topological polar surface area (TPSA) is 42.2 Å². The van der Waals surface area contributed by atoms with Gasteiger partial charge in [0.25, 0.3) is 0 Å². The SMILES string of the molecule is COc1ccccc1C(C#N)CCOc1ccccc1Cl. The molecule has 0 aliphatic carbocycles. The van der Waals surface area contributed by atoms with E-state index in [0.717, 1.165) is 11.3 Å². The molecule has 1 atom stereocenters. The van der Waals surface area contributed by atoms with Gasteiger partial charge in [-0.15, -0.1) is 0 Å². The highest BCUT2D eigenvalue weighted by Crippen LogP contribution is 2.29. The summed E-state index contributed by atoms with van der Waals surface area (Å²) in [7, 11) is 1.60. The standard InChI is InChI=1S/C17H16ClNO2/c1-20-16-8-4-2-6-14(16)13(12-19)10-11-21-17-9-5-3-7-15(17)18/h2-9,13H,10-11H2,1H3. The zero-order chi connectivity index (χ0) is 15.1. The Hall–Kier alpha value is -2.18. The maximum absolute atomic E-state index is 9.36. The van der Waals surface area contributed by atoms with Gasteiger partial charge in [0.2, 0.25) is 0 Å². The van der Waals surface area contributed by atoms with Crippen LogP contribution in [0.5, 0.6) is 11.5 Å². The summed E-state index contributed by atoms with van der Waals surface area (Å²) in [5.74, 6) is 1.08. The molecule has 0 saturated heterocycles. The number of para-hydroxylation sites is 2. The van der Waals surface area contributed by atoms with Crippen molar-refractivity contribution in [2.75, 3.05) is 13.7 Å². The Kier molecular flexibility index (Phi) is 5.48. The van der Waals surface area contributed by atoms with Crippen molar-refractivity contribution in [3.8, 4) is 17.6 Å². The molecule has 0 fully saturated rings. The lowest BCUT2D eigenvalue weighted by atomic mass is 9.97. The third-order valence-corrected chi connectivity index (χ3v) is 3.48. The molecule has 1 unspecified atom stereocenters. The Morgan fingerprint density at radius 2 is 1.76 bits per heavy atom. The van der Waals surface area contributed by atoms with Crippen LogP contribution in [-0.2, 0) is 0 Å². The Labute approximate surface area is 129 Å². The minimum absolute atomic E-state index is 0.274. The fourth-order valence-electron chi connectivity index (χ4n) is 2.09. The van der Waals surface area contributed by atoms with Gasteiger partial charge in [-0.2, -0.15) is 5.26 Å². The van der Waals surface area contributed by atoms with Crippen LogP contribution < -0.4 is 9.47 Å².